The van der Waals surface area contributed by atoms with Gasteiger partial charge in [0.15, 0.2) is 0 Å². The summed E-state index contributed by atoms with van der Waals surface area (Å²) in [6.45, 7) is 1.39. The fraction of sp³-hybridized carbons (Fsp3) is 0.417. The number of nitrogens with one attached hydrogen (secondary N) is 1. The topological polar surface area (TPSA) is 49.4 Å². The zero-order valence-corrected chi connectivity index (χ0v) is 16.3. The van der Waals surface area contributed by atoms with Crippen LogP contribution in [0.5, 0.6) is 0 Å². The molecule has 1 fully saturated rings. The van der Waals surface area contributed by atoms with Gasteiger partial charge >= 0.3 is 0 Å². The molecule has 1 aliphatic heterocycles. The van der Waals surface area contributed by atoms with Crippen molar-refractivity contribution in [2.24, 2.45) is 0 Å². The van der Waals surface area contributed by atoms with Crippen LogP contribution >= 0.6 is 0 Å². The zero-order chi connectivity index (χ0) is 19.3. The summed E-state index contributed by atoms with van der Waals surface area (Å²) in [4.78, 5) is 27.3. The third-order valence-electron chi connectivity index (χ3n) is 6.00. The fourth-order valence-corrected chi connectivity index (χ4v) is 4.31. The summed E-state index contributed by atoms with van der Waals surface area (Å²) < 4.78 is 0. The van der Waals surface area contributed by atoms with Gasteiger partial charge < -0.3 is 10.2 Å². The van der Waals surface area contributed by atoms with Gasteiger partial charge in [-0.3, -0.25) is 9.59 Å². The number of carbonyl (C=O) groups is 2. The maximum Gasteiger partial charge on any atom is 0.254 e. The monoisotopic (exact) mass is 376 g/mol. The first-order valence-corrected chi connectivity index (χ1v) is 10.5. The molecule has 0 aromatic heterocycles. The summed E-state index contributed by atoms with van der Waals surface area (Å²) in [5, 5.41) is 3.16. The van der Waals surface area contributed by atoms with Crippen LogP contribution in [0.1, 0.15) is 70.4 Å². The SMILES string of the molecule is O=C(NC1CCCCCC1)c1ccc(C(=O)N2CCc3ccccc3C2)cc1. The molecule has 4 rings (SSSR count). The van der Waals surface area contributed by atoms with E-state index in [1.807, 2.05) is 11.0 Å². The van der Waals surface area contributed by atoms with Crippen molar-refractivity contribution in [2.75, 3.05) is 6.54 Å². The van der Waals surface area contributed by atoms with Crippen molar-refractivity contribution in [2.45, 2.75) is 57.5 Å². The van der Waals surface area contributed by atoms with Crippen LogP contribution in [0.15, 0.2) is 48.5 Å². The van der Waals surface area contributed by atoms with Gasteiger partial charge in [-0.1, -0.05) is 49.9 Å². The van der Waals surface area contributed by atoms with E-state index < -0.39 is 0 Å². The lowest BCUT2D eigenvalue weighted by Crippen LogP contribution is -2.36. The van der Waals surface area contributed by atoms with Crippen LogP contribution in [0, 0.1) is 0 Å². The molecule has 1 N–H and O–H groups in total. The molecular weight excluding hydrogens is 348 g/mol. The van der Waals surface area contributed by atoms with E-state index in [0.29, 0.717) is 17.7 Å². The van der Waals surface area contributed by atoms with E-state index in [-0.39, 0.29) is 17.9 Å². The third kappa shape index (κ3) is 4.27. The van der Waals surface area contributed by atoms with E-state index in [9.17, 15) is 9.59 Å². The minimum absolute atomic E-state index is 0.0298. The predicted octanol–water partition coefficient (Wildman–Crippen LogP) is 4.34. The molecule has 0 unspecified atom stereocenters. The van der Waals surface area contributed by atoms with Gasteiger partial charge in [0, 0.05) is 30.3 Å². The minimum Gasteiger partial charge on any atom is -0.349 e. The van der Waals surface area contributed by atoms with Gasteiger partial charge in [-0.25, -0.2) is 0 Å². The first kappa shape index (κ1) is 18.7. The fourth-order valence-electron chi connectivity index (χ4n) is 4.31. The van der Waals surface area contributed by atoms with Crippen molar-refractivity contribution in [1.82, 2.24) is 10.2 Å². The van der Waals surface area contributed by atoms with Crippen LogP contribution in [-0.4, -0.2) is 29.3 Å². The molecule has 0 spiro atoms. The Morgan fingerprint density at radius 1 is 0.821 bits per heavy atom. The van der Waals surface area contributed by atoms with E-state index in [4.69, 9.17) is 0 Å². The van der Waals surface area contributed by atoms with E-state index in [2.05, 4.69) is 23.5 Å². The number of amides is 2. The first-order chi connectivity index (χ1) is 13.7. The van der Waals surface area contributed by atoms with Gasteiger partial charge in [0.2, 0.25) is 0 Å². The highest BCUT2D eigenvalue weighted by Crippen LogP contribution is 2.21. The normalized spacial score (nSPS) is 17.5. The van der Waals surface area contributed by atoms with Crippen molar-refractivity contribution in [3.63, 3.8) is 0 Å². The number of nitrogens with zero attached hydrogens (tertiary/aromatic N) is 1. The standard InChI is InChI=1S/C24H28N2O2/c27-23(25-22-9-3-1-2-4-10-22)19-11-13-20(14-12-19)24(28)26-16-15-18-7-5-6-8-21(18)17-26/h5-8,11-14,22H,1-4,9-10,15-17H2,(H,25,27). The molecule has 4 nitrogen and oxygen atoms in total. The van der Waals surface area contributed by atoms with E-state index >= 15 is 0 Å². The van der Waals surface area contributed by atoms with Gasteiger partial charge in [-0.15, -0.1) is 0 Å². The predicted molar refractivity (Wildman–Crippen MR) is 110 cm³/mol. The molecule has 1 aliphatic carbocycles. The highest BCUT2D eigenvalue weighted by atomic mass is 16.2. The Bertz CT molecular complexity index is 836. The Morgan fingerprint density at radius 2 is 1.46 bits per heavy atom. The molecule has 4 heteroatoms. The molecule has 0 bridgehead atoms. The molecule has 2 aromatic carbocycles. The van der Waals surface area contributed by atoms with Crippen LogP contribution in [0.2, 0.25) is 0 Å². The van der Waals surface area contributed by atoms with E-state index in [0.717, 1.165) is 25.8 Å². The molecule has 2 aromatic rings. The number of rotatable bonds is 3. The molecule has 0 radical (unpaired) electrons. The summed E-state index contributed by atoms with van der Waals surface area (Å²) in [5.74, 6) is 0.00280. The van der Waals surface area contributed by atoms with Crippen molar-refractivity contribution in [1.29, 1.82) is 0 Å². The molecule has 146 valence electrons. The average molecular weight is 377 g/mol. The van der Waals surface area contributed by atoms with Crippen LogP contribution in [0.3, 0.4) is 0 Å². The second-order valence-corrected chi connectivity index (χ2v) is 7.98. The summed E-state index contributed by atoms with van der Waals surface area (Å²) in [6.07, 6.45) is 7.95. The lowest BCUT2D eigenvalue weighted by molar-refractivity contribution is 0.0734. The molecule has 2 amide bonds. The Labute approximate surface area is 166 Å². The van der Waals surface area contributed by atoms with Crippen LogP contribution < -0.4 is 5.32 Å². The van der Waals surface area contributed by atoms with Crippen LogP contribution in [0.4, 0.5) is 0 Å². The van der Waals surface area contributed by atoms with Crippen molar-refractivity contribution in [3.8, 4) is 0 Å². The van der Waals surface area contributed by atoms with Crippen molar-refractivity contribution >= 4 is 11.8 Å². The molecule has 1 heterocycles. The quantitative estimate of drug-likeness (QED) is 0.810. The molecule has 2 aliphatic rings. The van der Waals surface area contributed by atoms with Crippen molar-refractivity contribution in [3.05, 3.63) is 70.8 Å². The summed E-state index contributed by atoms with van der Waals surface area (Å²) in [5.41, 5.74) is 3.83. The van der Waals surface area contributed by atoms with Crippen LogP contribution in [-0.2, 0) is 13.0 Å². The van der Waals surface area contributed by atoms with Crippen LogP contribution in [0.25, 0.3) is 0 Å². The zero-order valence-electron chi connectivity index (χ0n) is 16.3. The minimum atomic E-state index is -0.0298. The van der Waals surface area contributed by atoms with Gasteiger partial charge in [0.25, 0.3) is 11.8 Å². The smallest absolute Gasteiger partial charge is 0.254 e. The average Bonchev–Trinajstić information content (AvgIpc) is 3.01. The second kappa shape index (κ2) is 8.59. The molecular formula is C24H28N2O2. The molecule has 28 heavy (non-hydrogen) atoms. The van der Waals surface area contributed by atoms with Gasteiger partial charge in [-0.2, -0.15) is 0 Å². The number of hydrogen-bond acceptors (Lipinski definition) is 2. The number of hydrogen-bond donors (Lipinski definition) is 1. The third-order valence-corrected chi connectivity index (χ3v) is 6.00. The molecule has 0 saturated heterocycles. The molecule has 0 atom stereocenters. The van der Waals surface area contributed by atoms with E-state index in [1.165, 1.54) is 36.8 Å². The maximum absolute atomic E-state index is 12.9. The maximum atomic E-state index is 12.9. The van der Waals surface area contributed by atoms with Gasteiger partial charge in [0.1, 0.15) is 0 Å². The second-order valence-electron chi connectivity index (χ2n) is 7.98. The van der Waals surface area contributed by atoms with Crippen molar-refractivity contribution < 1.29 is 9.59 Å². The Kier molecular flexibility index (Phi) is 5.75. The Morgan fingerprint density at radius 3 is 2.18 bits per heavy atom. The Hall–Kier alpha value is -2.62. The summed E-state index contributed by atoms with van der Waals surface area (Å²) in [6, 6.07) is 15.7. The largest absolute Gasteiger partial charge is 0.349 e. The summed E-state index contributed by atoms with van der Waals surface area (Å²) in [7, 11) is 0. The molecule has 1 saturated carbocycles. The lowest BCUT2D eigenvalue weighted by Gasteiger charge is -2.29. The highest BCUT2D eigenvalue weighted by molar-refractivity contribution is 5.98. The number of fused-ring (bicyclic) bond motifs is 1. The highest BCUT2D eigenvalue weighted by Gasteiger charge is 2.22. The van der Waals surface area contributed by atoms with Gasteiger partial charge in [-0.05, 0) is 54.7 Å². The number of carbonyl (C=O) groups excluding carboxylic acids is 2. The lowest BCUT2D eigenvalue weighted by atomic mass is 9.99. The van der Waals surface area contributed by atoms with E-state index in [1.54, 1.807) is 24.3 Å². The summed E-state index contributed by atoms with van der Waals surface area (Å²) >= 11 is 0. The van der Waals surface area contributed by atoms with Gasteiger partial charge in [0.05, 0.1) is 0 Å². The number of benzene rings is 2. The Balaban J connectivity index is 1.39. The first-order valence-electron chi connectivity index (χ1n) is 10.5.